The quantitative estimate of drug-likeness (QED) is 0.706. The minimum atomic E-state index is 0.0630. The van der Waals surface area contributed by atoms with Crippen LogP contribution in [-0.2, 0) is 4.79 Å². The Labute approximate surface area is 120 Å². The molecule has 0 aliphatic carbocycles. The van der Waals surface area contributed by atoms with E-state index >= 15 is 0 Å². The molecule has 0 fully saturated rings. The monoisotopic (exact) mass is 281 g/mol. The Morgan fingerprint density at radius 3 is 2.60 bits per heavy atom. The zero-order chi connectivity index (χ0) is 14.8. The second kappa shape index (κ2) is 9.07. The Balaban J connectivity index is 2.40. The van der Waals surface area contributed by atoms with Gasteiger partial charge < -0.3 is 19.5 Å². The van der Waals surface area contributed by atoms with Crippen molar-refractivity contribution in [3.63, 3.8) is 0 Å². The molecule has 1 aromatic carbocycles. The second-order valence-electron chi connectivity index (χ2n) is 4.29. The number of unbranched alkanes of at least 4 members (excludes halogenated alkanes) is 1. The Bertz CT molecular complexity index is 420. The smallest absolute Gasteiger partial charge is 0.220 e. The molecule has 5 nitrogen and oxygen atoms in total. The highest BCUT2D eigenvalue weighted by Crippen LogP contribution is 2.36. The number of methoxy groups -OCH3 is 2. The average molecular weight is 281 g/mol. The SMILES string of the molecule is CCCCC(=O)NCCOc1cccc(OC)c1OC. The number of carbonyl (C=O) groups excluding carboxylic acids is 1. The number of hydrogen-bond donors (Lipinski definition) is 1. The van der Waals surface area contributed by atoms with Crippen LogP contribution < -0.4 is 19.5 Å². The summed E-state index contributed by atoms with van der Waals surface area (Å²) >= 11 is 0. The van der Waals surface area contributed by atoms with Gasteiger partial charge in [0, 0.05) is 6.42 Å². The molecule has 0 unspecified atom stereocenters. The fourth-order valence-electron chi connectivity index (χ4n) is 1.75. The van der Waals surface area contributed by atoms with Gasteiger partial charge in [0.25, 0.3) is 0 Å². The fourth-order valence-corrected chi connectivity index (χ4v) is 1.75. The molecular weight excluding hydrogens is 258 g/mol. The number of benzene rings is 1. The standard InChI is InChI=1S/C15H23NO4/c1-4-5-9-14(17)16-10-11-20-13-8-6-7-12(18-2)15(13)19-3/h6-8H,4-5,9-11H2,1-3H3,(H,16,17). The second-order valence-corrected chi connectivity index (χ2v) is 4.29. The van der Waals surface area contributed by atoms with Crippen LogP contribution in [0.4, 0.5) is 0 Å². The lowest BCUT2D eigenvalue weighted by molar-refractivity contribution is -0.121. The van der Waals surface area contributed by atoms with Gasteiger partial charge in [-0.2, -0.15) is 0 Å². The van der Waals surface area contributed by atoms with Crippen LogP contribution >= 0.6 is 0 Å². The number of hydrogen-bond acceptors (Lipinski definition) is 4. The first-order chi connectivity index (χ1) is 9.72. The fraction of sp³-hybridized carbons (Fsp3) is 0.533. The molecule has 0 saturated carbocycles. The lowest BCUT2D eigenvalue weighted by Gasteiger charge is -2.13. The number of amides is 1. The number of ether oxygens (including phenoxy) is 3. The Morgan fingerprint density at radius 1 is 1.20 bits per heavy atom. The Kier molecular flexibility index (Phi) is 7.32. The van der Waals surface area contributed by atoms with E-state index in [1.165, 1.54) is 0 Å². The number of para-hydroxylation sites is 1. The van der Waals surface area contributed by atoms with Crippen molar-refractivity contribution in [2.45, 2.75) is 26.2 Å². The van der Waals surface area contributed by atoms with E-state index in [0.29, 0.717) is 36.8 Å². The van der Waals surface area contributed by atoms with Crippen molar-refractivity contribution in [1.82, 2.24) is 5.32 Å². The first-order valence-corrected chi connectivity index (χ1v) is 6.83. The minimum absolute atomic E-state index is 0.0630. The van der Waals surface area contributed by atoms with Crippen molar-refractivity contribution in [2.24, 2.45) is 0 Å². The lowest BCUT2D eigenvalue weighted by Crippen LogP contribution is -2.27. The maximum Gasteiger partial charge on any atom is 0.220 e. The molecule has 0 aliphatic heterocycles. The summed E-state index contributed by atoms with van der Waals surface area (Å²) in [6, 6.07) is 5.44. The Hall–Kier alpha value is -1.91. The molecular formula is C15H23NO4. The zero-order valence-corrected chi connectivity index (χ0v) is 12.4. The molecule has 0 heterocycles. The number of rotatable bonds is 9. The van der Waals surface area contributed by atoms with E-state index in [9.17, 15) is 4.79 Å². The third-order valence-electron chi connectivity index (χ3n) is 2.81. The van der Waals surface area contributed by atoms with Crippen LogP contribution in [-0.4, -0.2) is 33.3 Å². The van der Waals surface area contributed by atoms with Crippen LogP contribution in [0.2, 0.25) is 0 Å². The third-order valence-corrected chi connectivity index (χ3v) is 2.81. The van der Waals surface area contributed by atoms with Gasteiger partial charge in [0.05, 0.1) is 20.8 Å². The van der Waals surface area contributed by atoms with Gasteiger partial charge in [-0.05, 0) is 18.6 Å². The molecule has 0 aliphatic rings. The predicted octanol–water partition coefficient (Wildman–Crippen LogP) is 2.39. The van der Waals surface area contributed by atoms with Gasteiger partial charge in [-0.1, -0.05) is 19.4 Å². The molecule has 0 atom stereocenters. The first-order valence-electron chi connectivity index (χ1n) is 6.83. The van der Waals surface area contributed by atoms with E-state index in [1.807, 2.05) is 6.07 Å². The van der Waals surface area contributed by atoms with Crippen LogP contribution in [0.5, 0.6) is 17.2 Å². The molecule has 1 amide bonds. The molecule has 1 rings (SSSR count). The first kappa shape index (κ1) is 16.1. The van der Waals surface area contributed by atoms with Crippen molar-refractivity contribution < 1.29 is 19.0 Å². The summed E-state index contributed by atoms with van der Waals surface area (Å²) < 4.78 is 16.1. The van der Waals surface area contributed by atoms with Crippen molar-refractivity contribution in [3.8, 4) is 17.2 Å². The maximum atomic E-state index is 11.4. The highest BCUT2D eigenvalue weighted by Gasteiger charge is 2.10. The molecule has 1 N–H and O–H groups in total. The highest BCUT2D eigenvalue weighted by molar-refractivity contribution is 5.75. The van der Waals surface area contributed by atoms with Crippen molar-refractivity contribution >= 4 is 5.91 Å². The van der Waals surface area contributed by atoms with E-state index in [-0.39, 0.29) is 5.91 Å². The van der Waals surface area contributed by atoms with Crippen LogP contribution in [0, 0.1) is 0 Å². The molecule has 0 radical (unpaired) electrons. The normalized spacial score (nSPS) is 9.95. The van der Waals surface area contributed by atoms with Crippen LogP contribution in [0.1, 0.15) is 26.2 Å². The summed E-state index contributed by atoms with van der Waals surface area (Å²) in [4.78, 5) is 11.4. The van der Waals surface area contributed by atoms with Crippen LogP contribution in [0.25, 0.3) is 0 Å². The summed E-state index contributed by atoms with van der Waals surface area (Å²) in [6.07, 6.45) is 2.50. The van der Waals surface area contributed by atoms with Gasteiger partial charge in [0.2, 0.25) is 11.7 Å². The summed E-state index contributed by atoms with van der Waals surface area (Å²) in [5.41, 5.74) is 0. The van der Waals surface area contributed by atoms with Gasteiger partial charge in [0.15, 0.2) is 11.5 Å². The third kappa shape index (κ3) is 4.99. The minimum Gasteiger partial charge on any atom is -0.493 e. The van der Waals surface area contributed by atoms with Crippen LogP contribution in [0.15, 0.2) is 18.2 Å². The van der Waals surface area contributed by atoms with E-state index in [4.69, 9.17) is 14.2 Å². The predicted molar refractivity (Wildman–Crippen MR) is 77.6 cm³/mol. The largest absolute Gasteiger partial charge is 0.493 e. The molecule has 0 bridgehead atoms. The van der Waals surface area contributed by atoms with E-state index in [2.05, 4.69) is 12.2 Å². The highest BCUT2D eigenvalue weighted by atomic mass is 16.5. The molecule has 112 valence electrons. The average Bonchev–Trinajstić information content (AvgIpc) is 2.48. The van der Waals surface area contributed by atoms with Gasteiger partial charge in [-0.3, -0.25) is 4.79 Å². The molecule has 5 heteroatoms. The maximum absolute atomic E-state index is 11.4. The molecule has 20 heavy (non-hydrogen) atoms. The molecule has 0 aromatic heterocycles. The number of nitrogens with one attached hydrogen (secondary N) is 1. The summed E-state index contributed by atoms with van der Waals surface area (Å²) in [5.74, 6) is 1.85. The summed E-state index contributed by atoms with van der Waals surface area (Å²) in [5, 5.41) is 2.82. The topological polar surface area (TPSA) is 56.8 Å². The zero-order valence-electron chi connectivity index (χ0n) is 12.4. The van der Waals surface area contributed by atoms with Gasteiger partial charge >= 0.3 is 0 Å². The summed E-state index contributed by atoms with van der Waals surface area (Å²) in [7, 11) is 3.15. The molecule has 1 aromatic rings. The van der Waals surface area contributed by atoms with Crippen LogP contribution in [0.3, 0.4) is 0 Å². The van der Waals surface area contributed by atoms with Crippen molar-refractivity contribution in [2.75, 3.05) is 27.4 Å². The van der Waals surface area contributed by atoms with E-state index < -0.39 is 0 Å². The number of carbonyl (C=O) groups is 1. The lowest BCUT2D eigenvalue weighted by atomic mass is 10.2. The van der Waals surface area contributed by atoms with Gasteiger partial charge in [-0.15, -0.1) is 0 Å². The van der Waals surface area contributed by atoms with Gasteiger partial charge in [-0.25, -0.2) is 0 Å². The Morgan fingerprint density at radius 2 is 1.95 bits per heavy atom. The van der Waals surface area contributed by atoms with Crippen molar-refractivity contribution in [3.05, 3.63) is 18.2 Å². The van der Waals surface area contributed by atoms with Crippen molar-refractivity contribution in [1.29, 1.82) is 0 Å². The van der Waals surface area contributed by atoms with Gasteiger partial charge in [0.1, 0.15) is 6.61 Å². The molecule has 0 saturated heterocycles. The molecule has 0 spiro atoms. The van der Waals surface area contributed by atoms with E-state index in [0.717, 1.165) is 12.8 Å². The van der Waals surface area contributed by atoms with E-state index in [1.54, 1.807) is 26.4 Å². The summed E-state index contributed by atoms with van der Waals surface area (Å²) in [6.45, 7) is 2.93.